The van der Waals surface area contributed by atoms with Gasteiger partial charge in [-0.15, -0.1) is 0 Å². The smallest absolute Gasteiger partial charge is 0.234 e. The number of nitrogens with one attached hydrogen (secondary N) is 2. The van der Waals surface area contributed by atoms with Crippen LogP contribution in [0, 0.1) is 6.92 Å². The van der Waals surface area contributed by atoms with Gasteiger partial charge in [0.25, 0.3) is 0 Å². The maximum Gasteiger partial charge on any atom is 0.234 e. The molecule has 0 heterocycles. The molecule has 0 saturated heterocycles. The van der Waals surface area contributed by atoms with Crippen LogP contribution in [0.1, 0.15) is 29.7 Å². The second kappa shape index (κ2) is 7.95. The van der Waals surface area contributed by atoms with Crippen molar-refractivity contribution in [2.24, 2.45) is 0 Å². The van der Waals surface area contributed by atoms with Crippen LogP contribution in [0.4, 0.5) is 0 Å². The van der Waals surface area contributed by atoms with Crippen LogP contribution in [0.5, 0.6) is 0 Å². The molecule has 3 aromatic rings. The summed E-state index contributed by atoms with van der Waals surface area (Å²) in [5, 5.41) is 8.76. The van der Waals surface area contributed by atoms with E-state index < -0.39 is 0 Å². The molecular formula is C22H24N2O. The second-order valence-electron chi connectivity index (χ2n) is 6.37. The van der Waals surface area contributed by atoms with Gasteiger partial charge in [-0.1, -0.05) is 66.7 Å². The summed E-state index contributed by atoms with van der Waals surface area (Å²) >= 11 is 0. The summed E-state index contributed by atoms with van der Waals surface area (Å²) in [5.74, 6) is 0.00957. The standard InChI is InChI=1S/C22H24N2O/c1-16-8-3-4-10-19(16)14-24-22(25)15-23-17(2)20-13-7-11-18-9-5-6-12-21(18)20/h3-13,17,23H,14-15H2,1-2H3,(H,24,25)/t17-/m0/s1. The number of benzene rings is 3. The summed E-state index contributed by atoms with van der Waals surface area (Å²) in [6.07, 6.45) is 0. The first-order valence-corrected chi connectivity index (χ1v) is 8.67. The highest BCUT2D eigenvalue weighted by Gasteiger charge is 2.10. The van der Waals surface area contributed by atoms with Gasteiger partial charge in [0.05, 0.1) is 6.54 Å². The van der Waals surface area contributed by atoms with E-state index in [0.717, 1.165) is 5.56 Å². The first kappa shape index (κ1) is 17.2. The van der Waals surface area contributed by atoms with Crippen LogP contribution in [-0.4, -0.2) is 12.5 Å². The van der Waals surface area contributed by atoms with Gasteiger partial charge in [0, 0.05) is 12.6 Å². The number of fused-ring (bicyclic) bond motifs is 1. The van der Waals surface area contributed by atoms with E-state index in [9.17, 15) is 4.79 Å². The molecule has 0 aliphatic heterocycles. The third-order valence-electron chi connectivity index (χ3n) is 4.60. The molecule has 3 nitrogen and oxygen atoms in total. The Morgan fingerprint density at radius 1 is 0.960 bits per heavy atom. The van der Waals surface area contributed by atoms with Crippen LogP contribution in [0.15, 0.2) is 66.7 Å². The third-order valence-corrected chi connectivity index (χ3v) is 4.60. The maximum absolute atomic E-state index is 12.2. The zero-order valence-corrected chi connectivity index (χ0v) is 14.8. The molecule has 0 aliphatic rings. The number of rotatable bonds is 6. The fourth-order valence-electron chi connectivity index (χ4n) is 3.05. The Kier molecular flexibility index (Phi) is 5.46. The van der Waals surface area contributed by atoms with Gasteiger partial charge in [0.1, 0.15) is 0 Å². The van der Waals surface area contributed by atoms with Gasteiger partial charge in [-0.3, -0.25) is 4.79 Å². The molecule has 2 N–H and O–H groups in total. The largest absolute Gasteiger partial charge is 0.351 e. The molecule has 1 atom stereocenters. The number of hydrogen-bond donors (Lipinski definition) is 2. The van der Waals surface area contributed by atoms with Crippen LogP contribution in [0.25, 0.3) is 10.8 Å². The lowest BCUT2D eigenvalue weighted by molar-refractivity contribution is -0.120. The molecule has 0 bridgehead atoms. The van der Waals surface area contributed by atoms with Crippen molar-refractivity contribution < 1.29 is 4.79 Å². The van der Waals surface area contributed by atoms with Crippen molar-refractivity contribution >= 4 is 16.7 Å². The molecule has 25 heavy (non-hydrogen) atoms. The fraction of sp³-hybridized carbons (Fsp3) is 0.227. The maximum atomic E-state index is 12.2. The second-order valence-corrected chi connectivity index (χ2v) is 6.37. The van der Waals surface area contributed by atoms with Crippen molar-refractivity contribution in [3.8, 4) is 0 Å². The van der Waals surface area contributed by atoms with E-state index in [0.29, 0.717) is 13.1 Å². The molecule has 0 aliphatic carbocycles. The van der Waals surface area contributed by atoms with Crippen molar-refractivity contribution in [1.82, 2.24) is 10.6 Å². The van der Waals surface area contributed by atoms with E-state index in [1.807, 2.05) is 30.3 Å². The summed E-state index contributed by atoms with van der Waals surface area (Å²) < 4.78 is 0. The van der Waals surface area contributed by atoms with E-state index >= 15 is 0 Å². The number of hydrogen-bond acceptors (Lipinski definition) is 2. The van der Waals surface area contributed by atoms with E-state index in [4.69, 9.17) is 0 Å². The summed E-state index contributed by atoms with van der Waals surface area (Å²) in [7, 11) is 0. The molecule has 0 spiro atoms. The quantitative estimate of drug-likeness (QED) is 0.713. The Morgan fingerprint density at radius 3 is 2.52 bits per heavy atom. The highest BCUT2D eigenvalue weighted by atomic mass is 16.1. The van der Waals surface area contributed by atoms with Crippen molar-refractivity contribution in [3.63, 3.8) is 0 Å². The number of amides is 1. The lowest BCUT2D eigenvalue weighted by Gasteiger charge is -2.16. The van der Waals surface area contributed by atoms with Crippen molar-refractivity contribution in [1.29, 1.82) is 0 Å². The van der Waals surface area contributed by atoms with E-state index in [-0.39, 0.29) is 11.9 Å². The van der Waals surface area contributed by atoms with Crippen LogP contribution >= 0.6 is 0 Å². The summed E-state index contributed by atoms with van der Waals surface area (Å²) in [6, 6.07) is 22.8. The van der Waals surface area contributed by atoms with Crippen molar-refractivity contribution in [2.75, 3.05) is 6.54 Å². The normalized spacial score (nSPS) is 12.1. The first-order valence-electron chi connectivity index (χ1n) is 8.67. The molecule has 1 amide bonds. The Bertz CT molecular complexity index is 867. The molecule has 3 rings (SSSR count). The number of carbonyl (C=O) groups is 1. The van der Waals surface area contributed by atoms with Crippen LogP contribution in [0.2, 0.25) is 0 Å². The molecule has 0 radical (unpaired) electrons. The minimum atomic E-state index is 0.00957. The van der Waals surface area contributed by atoms with Crippen LogP contribution in [0.3, 0.4) is 0 Å². The summed E-state index contributed by atoms with van der Waals surface area (Å²) in [4.78, 5) is 12.2. The lowest BCUT2D eigenvalue weighted by atomic mass is 10.00. The average Bonchev–Trinajstić information content (AvgIpc) is 2.65. The van der Waals surface area contributed by atoms with Crippen molar-refractivity contribution in [3.05, 3.63) is 83.4 Å². The predicted octanol–water partition coefficient (Wildman–Crippen LogP) is 4.12. The average molecular weight is 332 g/mol. The van der Waals surface area contributed by atoms with Crippen LogP contribution in [-0.2, 0) is 11.3 Å². The van der Waals surface area contributed by atoms with Gasteiger partial charge in [0.15, 0.2) is 0 Å². The molecular weight excluding hydrogens is 308 g/mol. The SMILES string of the molecule is Cc1ccccc1CNC(=O)CN[C@@H](C)c1cccc2ccccc12. The highest BCUT2D eigenvalue weighted by molar-refractivity contribution is 5.86. The summed E-state index contributed by atoms with van der Waals surface area (Å²) in [5.41, 5.74) is 3.56. The monoisotopic (exact) mass is 332 g/mol. The third kappa shape index (κ3) is 4.25. The summed E-state index contributed by atoms with van der Waals surface area (Å²) in [6.45, 7) is 5.02. The van der Waals surface area contributed by atoms with Gasteiger partial charge >= 0.3 is 0 Å². The zero-order valence-electron chi connectivity index (χ0n) is 14.8. The predicted molar refractivity (Wildman–Crippen MR) is 103 cm³/mol. The molecule has 3 heteroatoms. The van der Waals surface area contributed by atoms with Gasteiger partial charge < -0.3 is 10.6 Å². The topological polar surface area (TPSA) is 41.1 Å². The van der Waals surface area contributed by atoms with E-state index in [1.165, 1.54) is 21.9 Å². The van der Waals surface area contributed by atoms with E-state index in [2.05, 4.69) is 60.9 Å². The first-order chi connectivity index (χ1) is 12.1. The van der Waals surface area contributed by atoms with Gasteiger partial charge in [-0.2, -0.15) is 0 Å². The molecule has 0 aromatic heterocycles. The molecule has 0 saturated carbocycles. The van der Waals surface area contributed by atoms with E-state index in [1.54, 1.807) is 0 Å². The highest BCUT2D eigenvalue weighted by Crippen LogP contribution is 2.23. The number of aryl methyl sites for hydroxylation is 1. The van der Waals surface area contributed by atoms with Crippen LogP contribution < -0.4 is 10.6 Å². The fourth-order valence-corrected chi connectivity index (χ4v) is 3.05. The molecule has 0 unspecified atom stereocenters. The molecule has 0 fully saturated rings. The molecule has 3 aromatic carbocycles. The Balaban J connectivity index is 1.57. The Morgan fingerprint density at radius 2 is 1.68 bits per heavy atom. The lowest BCUT2D eigenvalue weighted by Crippen LogP contribution is -2.34. The Labute approximate surface area is 149 Å². The zero-order chi connectivity index (χ0) is 17.6. The Hall–Kier alpha value is -2.65. The van der Waals surface area contributed by atoms with Gasteiger partial charge in [-0.05, 0) is 41.3 Å². The number of carbonyl (C=O) groups excluding carboxylic acids is 1. The minimum absolute atomic E-state index is 0.00957. The van der Waals surface area contributed by atoms with Gasteiger partial charge in [0.2, 0.25) is 5.91 Å². The molecule has 128 valence electrons. The van der Waals surface area contributed by atoms with Crippen molar-refractivity contribution in [2.45, 2.75) is 26.4 Å². The minimum Gasteiger partial charge on any atom is -0.351 e. The van der Waals surface area contributed by atoms with Gasteiger partial charge in [-0.25, -0.2) is 0 Å².